The molecule has 110 valence electrons. The first-order valence-corrected chi connectivity index (χ1v) is 7.09. The Morgan fingerprint density at radius 3 is 2.52 bits per heavy atom. The molecular weight excluding hydrogens is 272 g/mol. The molecule has 2 aromatic carbocycles. The first-order valence-electron chi connectivity index (χ1n) is 7.09. The summed E-state index contributed by atoms with van der Waals surface area (Å²) in [6.45, 7) is 2.15. The van der Waals surface area contributed by atoms with Crippen LogP contribution in [0, 0.1) is 11.6 Å². The van der Waals surface area contributed by atoms with Gasteiger partial charge in [-0.2, -0.15) is 0 Å². The van der Waals surface area contributed by atoms with Crippen molar-refractivity contribution in [3.05, 3.63) is 59.7 Å². The molecule has 2 nitrogen and oxygen atoms in total. The molecule has 0 bridgehead atoms. The number of hydrogen-bond acceptors (Lipinski definition) is 2. The zero-order valence-corrected chi connectivity index (χ0v) is 11.6. The average Bonchev–Trinajstić information content (AvgIpc) is 3.00. The van der Waals surface area contributed by atoms with Crippen LogP contribution in [0.15, 0.2) is 42.5 Å². The monoisotopic (exact) mass is 289 g/mol. The van der Waals surface area contributed by atoms with Crippen LogP contribution in [0.1, 0.15) is 12.0 Å². The third kappa shape index (κ3) is 3.46. The predicted molar refractivity (Wildman–Crippen MR) is 77.9 cm³/mol. The highest BCUT2D eigenvalue weighted by Gasteiger charge is 2.16. The van der Waals surface area contributed by atoms with E-state index >= 15 is 0 Å². The molecule has 1 fully saturated rings. The molecule has 1 N–H and O–H groups in total. The Labute approximate surface area is 122 Å². The number of benzene rings is 2. The molecule has 0 radical (unpaired) electrons. The Hall–Kier alpha value is -1.78. The van der Waals surface area contributed by atoms with Crippen LogP contribution >= 0.6 is 0 Å². The van der Waals surface area contributed by atoms with Crippen LogP contribution in [0.5, 0.6) is 0 Å². The topological polar surface area (TPSA) is 21.3 Å². The van der Waals surface area contributed by atoms with Crippen LogP contribution in [-0.4, -0.2) is 19.2 Å². The molecule has 0 spiro atoms. The van der Waals surface area contributed by atoms with Gasteiger partial charge in [-0.25, -0.2) is 8.78 Å². The van der Waals surface area contributed by atoms with E-state index in [1.54, 1.807) is 18.2 Å². The summed E-state index contributed by atoms with van der Waals surface area (Å²) < 4.78 is 32.4. The Kier molecular flexibility index (Phi) is 4.27. The molecule has 0 aliphatic carbocycles. The zero-order chi connectivity index (χ0) is 14.7. The molecule has 0 amide bonds. The van der Waals surface area contributed by atoms with Crippen molar-refractivity contribution in [3.8, 4) is 11.1 Å². The highest BCUT2D eigenvalue weighted by Crippen LogP contribution is 2.26. The Bertz CT molecular complexity index is 607. The molecule has 0 aromatic heterocycles. The van der Waals surface area contributed by atoms with Crippen molar-refractivity contribution < 1.29 is 13.5 Å². The fraction of sp³-hybridized carbons (Fsp3) is 0.294. The highest BCUT2D eigenvalue weighted by atomic mass is 19.1. The summed E-state index contributed by atoms with van der Waals surface area (Å²) in [5.41, 5.74) is 2.52. The van der Waals surface area contributed by atoms with Gasteiger partial charge in [0, 0.05) is 6.54 Å². The van der Waals surface area contributed by atoms with E-state index in [2.05, 4.69) is 5.32 Å². The fourth-order valence-electron chi connectivity index (χ4n) is 2.57. The largest absolute Gasteiger partial charge is 0.372 e. The molecule has 1 atom stereocenters. The van der Waals surface area contributed by atoms with Gasteiger partial charge in [0.1, 0.15) is 11.6 Å². The van der Waals surface area contributed by atoms with Gasteiger partial charge in [-0.3, -0.25) is 0 Å². The van der Waals surface area contributed by atoms with Gasteiger partial charge < -0.3 is 10.1 Å². The second kappa shape index (κ2) is 6.33. The van der Waals surface area contributed by atoms with Crippen LogP contribution in [0.4, 0.5) is 8.78 Å². The van der Waals surface area contributed by atoms with Gasteiger partial charge in [0.2, 0.25) is 0 Å². The summed E-state index contributed by atoms with van der Waals surface area (Å²) in [6, 6.07) is 10.8. The minimum atomic E-state index is -0.288. The van der Waals surface area contributed by atoms with E-state index in [4.69, 9.17) is 4.74 Å². The van der Waals surface area contributed by atoms with Crippen molar-refractivity contribution >= 4 is 0 Å². The summed E-state index contributed by atoms with van der Waals surface area (Å²) in [7, 11) is 0. The first-order chi connectivity index (χ1) is 10.2. The van der Waals surface area contributed by atoms with E-state index in [0.29, 0.717) is 6.61 Å². The van der Waals surface area contributed by atoms with E-state index in [1.165, 1.54) is 24.3 Å². The van der Waals surface area contributed by atoms with Gasteiger partial charge >= 0.3 is 0 Å². The standard InChI is InChI=1S/C17H17F2NO/c18-14-3-1-12(2-4-14)17-6-5-15(19)9-13(17)11-21-16-7-8-20-10-16/h1-6,9,16,20H,7-8,10-11H2. The SMILES string of the molecule is Fc1ccc(-c2ccc(F)cc2COC2CCNC2)cc1. The highest BCUT2D eigenvalue weighted by molar-refractivity contribution is 5.67. The maximum Gasteiger partial charge on any atom is 0.123 e. The predicted octanol–water partition coefficient (Wildman–Crippen LogP) is 3.51. The second-order valence-electron chi connectivity index (χ2n) is 5.23. The van der Waals surface area contributed by atoms with Crippen molar-refractivity contribution in [2.45, 2.75) is 19.1 Å². The molecule has 1 aliphatic rings. The third-order valence-electron chi connectivity index (χ3n) is 3.71. The molecule has 1 saturated heterocycles. The summed E-state index contributed by atoms with van der Waals surface area (Å²) in [4.78, 5) is 0. The van der Waals surface area contributed by atoms with Crippen LogP contribution < -0.4 is 5.32 Å². The molecule has 2 aromatic rings. The lowest BCUT2D eigenvalue weighted by atomic mass is 10.00. The lowest BCUT2D eigenvalue weighted by Gasteiger charge is -2.14. The van der Waals surface area contributed by atoms with E-state index < -0.39 is 0 Å². The normalized spacial score (nSPS) is 18.1. The summed E-state index contributed by atoms with van der Waals surface area (Å²) in [5, 5.41) is 3.23. The summed E-state index contributed by atoms with van der Waals surface area (Å²) in [6.07, 6.45) is 1.15. The maximum absolute atomic E-state index is 13.5. The van der Waals surface area contributed by atoms with Crippen LogP contribution in [0.3, 0.4) is 0 Å². The molecule has 21 heavy (non-hydrogen) atoms. The molecule has 1 unspecified atom stereocenters. The van der Waals surface area contributed by atoms with Gasteiger partial charge in [0.05, 0.1) is 12.7 Å². The Balaban J connectivity index is 1.83. The van der Waals surface area contributed by atoms with Crippen LogP contribution in [-0.2, 0) is 11.3 Å². The number of halogens is 2. The van der Waals surface area contributed by atoms with Crippen LogP contribution in [0.2, 0.25) is 0 Å². The van der Waals surface area contributed by atoms with E-state index in [1.807, 2.05) is 0 Å². The Morgan fingerprint density at radius 1 is 1.05 bits per heavy atom. The number of rotatable bonds is 4. The second-order valence-corrected chi connectivity index (χ2v) is 5.23. The maximum atomic E-state index is 13.5. The fourth-order valence-corrected chi connectivity index (χ4v) is 2.57. The third-order valence-corrected chi connectivity index (χ3v) is 3.71. The van der Waals surface area contributed by atoms with Crippen molar-refractivity contribution in [1.29, 1.82) is 0 Å². The van der Waals surface area contributed by atoms with Crippen molar-refractivity contribution in [1.82, 2.24) is 5.32 Å². The van der Waals surface area contributed by atoms with Crippen molar-refractivity contribution in [2.24, 2.45) is 0 Å². The van der Waals surface area contributed by atoms with Crippen molar-refractivity contribution in [3.63, 3.8) is 0 Å². The van der Waals surface area contributed by atoms with Gasteiger partial charge in [0.25, 0.3) is 0 Å². The molecule has 0 saturated carbocycles. The minimum absolute atomic E-state index is 0.175. The van der Waals surface area contributed by atoms with Gasteiger partial charge in [0.15, 0.2) is 0 Å². The molecule has 3 rings (SSSR count). The van der Waals surface area contributed by atoms with Gasteiger partial charge in [-0.1, -0.05) is 18.2 Å². The van der Waals surface area contributed by atoms with Gasteiger partial charge in [-0.05, 0) is 53.9 Å². The van der Waals surface area contributed by atoms with E-state index in [-0.39, 0.29) is 17.7 Å². The van der Waals surface area contributed by atoms with Crippen LogP contribution in [0.25, 0.3) is 11.1 Å². The summed E-state index contributed by atoms with van der Waals surface area (Å²) in [5.74, 6) is -0.570. The van der Waals surface area contributed by atoms with Gasteiger partial charge in [-0.15, -0.1) is 0 Å². The van der Waals surface area contributed by atoms with E-state index in [0.717, 1.165) is 36.2 Å². The Morgan fingerprint density at radius 2 is 1.81 bits per heavy atom. The lowest BCUT2D eigenvalue weighted by molar-refractivity contribution is 0.0543. The molecule has 1 heterocycles. The molecular formula is C17H17F2NO. The lowest BCUT2D eigenvalue weighted by Crippen LogP contribution is -2.16. The van der Waals surface area contributed by atoms with E-state index in [9.17, 15) is 8.78 Å². The minimum Gasteiger partial charge on any atom is -0.372 e. The smallest absolute Gasteiger partial charge is 0.123 e. The zero-order valence-electron chi connectivity index (χ0n) is 11.6. The average molecular weight is 289 g/mol. The molecule has 1 aliphatic heterocycles. The number of hydrogen-bond donors (Lipinski definition) is 1. The first kappa shape index (κ1) is 14.2. The van der Waals surface area contributed by atoms with Crippen molar-refractivity contribution in [2.75, 3.05) is 13.1 Å². The molecule has 4 heteroatoms. The number of ether oxygens (including phenoxy) is 1. The number of nitrogens with one attached hydrogen (secondary N) is 1. The quantitative estimate of drug-likeness (QED) is 0.930. The summed E-state index contributed by atoms with van der Waals surface area (Å²) >= 11 is 0.